The molecule has 0 radical (unpaired) electrons. The molecule has 1 amide bonds. The lowest BCUT2D eigenvalue weighted by Crippen LogP contribution is -2.40. The van der Waals surface area contributed by atoms with Crippen molar-refractivity contribution in [3.63, 3.8) is 0 Å². The smallest absolute Gasteiger partial charge is 0.277 e. The molecular weight excluding hydrogens is 500 g/mol. The van der Waals surface area contributed by atoms with Gasteiger partial charge in [0.1, 0.15) is 11.6 Å². The lowest BCUT2D eigenvalue weighted by molar-refractivity contribution is -0.130. The molecule has 37 heavy (non-hydrogen) atoms. The van der Waals surface area contributed by atoms with Crippen molar-refractivity contribution in [2.45, 2.75) is 38.5 Å². The van der Waals surface area contributed by atoms with Crippen molar-refractivity contribution in [1.82, 2.24) is 28.8 Å². The summed E-state index contributed by atoms with van der Waals surface area (Å²) in [4.78, 5) is 34.0. The van der Waals surface area contributed by atoms with Crippen molar-refractivity contribution in [2.24, 2.45) is 0 Å². The number of H-pyrrole nitrogens is 1. The van der Waals surface area contributed by atoms with Gasteiger partial charge in [0.15, 0.2) is 11.3 Å². The molecular formula is C24H34N6O6S. The number of hydrogen-bond donors (Lipinski definition) is 1. The van der Waals surface area contributed by atoms with E-state index in [-0.39, 0.29) is 23.2 Å². The molecule has 0 aliphatic heterocycles. The van der Waals surface area contributed by atoms with Gasteiger partial charge in [0.25, 0.3) is 5.56 Å². The third-order valence-electron chi connectivity index (χ3n) is 5.85. The van der Waals surface area contributed by atoms with Crippen molar-refractivity contribution in [2.75, 3.05) is 47.5 Å². The van der Waals surface area contributed by atoms with Crippen LogP contribution in [0.15, 0.2) is 27.9 Å². The van der Waals surface area contributed by atoms with Gasteiger partial charge in [-0.1, -0.05) is 6.92 Å². The van der Waals surface area contributed by atoms with Crippen LogP contribution in [-0.2, 0) is 26.0 Å². The van der Waals surface area contributed by atoms with Crippen molar-refractivity contribution in [3.8, 4) is 17.1 Å². The van der Waals surface area contributed by atoms with Gasteiger partial charge in [0.2, 0.25) is 15.9 Å². The van der Waals surface area contributed by atoms with Gasteiger partial charge in [-0.3, -0.25) is 9.59 Å². The molecule has 0 atom stereocenters. The van der Waals surface area contributed by atoms with Crippen molar-refractivity contribution >= 4 is 21.4 Å². The summed E-state index contributed by atoms with van der Waals surface area (Å²) in [5.74, 6) is 0.770. The van der Waals surface area contributed by atoms with Crippen LogP contribution in [0.1, 0.15) is 31.8 Å². The van der Waals surface area contributed by atoms with Crippen molar-refractivity contribution in [1.29, 1.82) is 0 Å². The first kappa shape index (κ1) is 28.3. The van der Waals surface area contributed by atoms with Crippen molar-refractivity contribution in [3.05, 3.63) is 40.1 Å². The Bertz CT molecular complexity index is 1430. The summed E-state index contributed by atoms with van der Waals surface area (Å²) in [6.07, 6.45) is 1.43. The van der Waals surface area contributed by atoms with E-state index in [1.54, 1.807) is 20.9 Å². The molecule has 0 unspecified atom stereocenters. The predicted octanol–water partition coefficient (Wildman–Crippen LogP) is 1.47. The van der Waals surface area contributed by atoms with Crippen LogP contribution in [0.2, 0.25) is 0 Å². The number of rotatable bonds is 12. The molecule has 1 aromatic carbocycles. The highest BCUT2D eigenvalue weighted by molar-refractivity contribution is 7.89. The zero-order valence-corrected chi connectivity index (χ0v) is 22.9. The maximum absolute atomic E-state index is 13.4. The number of amides is 1. The number of nitrogens with one attached hydrogen (secondary N) is 1. The second-order valence-electron chi connectivity index (χ2n) is 8.59. The number of ether oxygens (including phenoxy) is 2. The largest absolute Gasteiger partial charge is 0.493 e. The first-order chi connectivity index (χ1) is 17.5. The zero-order valence-electron chi connectivity index (χ0n) is 22.1. The minimum Gasteiger partial charge on any atom is -0.493 e. The number of hydrogen-bond acceptors (Lipinski definition) is 8. The fourth-order valence-corrected chi connectivity index (χ4v) is 4.95. The molecule has 1 N–H and O–H groups in total. The third kappa shape index (κ3) is 6.00. The Morgan fingerprint density at radius 1 is 1.22 bits per heavy atom. The molecule has 0 saturated carbocycles. The average molecular weight is 535 g/mol. The van der Waals surface area contributed by atoms with E-state index in [0.717, 1.165) is 10.7 Å². The topological polar surface area (TPSA) is 139 Å². The maximum atomic E-state index is 13.4. The summed E-state index contributed by atoms with van der Waals surface area (Å²) in [6.45, 7) is 6.20. The Morgan fingerprint density at radius 3 is 2.59 bits per heavy atom. The van der Waals surface area contributed by atoms with E-state index < -0.39 is 15.6 Å². The number of carbonyl (C=O) groups excluding carboxylic acids is 1. The number of carbonyl (C=O) groups is 1. The molecule has 0 bridgehead atoms. The SMILES string of the molecule is CCCc1nc(C)c2c(=O)[nH]c(-c3cc(S(=O)(=O)N(C)CC(=O)N(C)CCOC)ccc3OCC)nn12. The maximum Gasteiger partial charge on any atom is 0.277 e. The molecule has 2 heterocycles. The van der Waals surface area contributed by atoms with E-state index in [0.29, 0.717) is 54.5 Å². The van der Waals surface area contributed by atoms with Gasteiger partial charge in [-0.15, -0.1) is 5.10 Å². The van der Waals surface area contributed by atoms with Gasteiger partial charge >= 0.3 is 0 Å². The molecule has 0 aliphatic rings. The standard InChI is InChI=1S/C24H34N6O6S/c1-7-9-20-25-16(3)22-24(32)26-23(27-30(20)22)18-14-17(10-11-19(18)36-8-2)37(33,34)29(5)15-21(31)28(4)12-13-35-6/h10-11,14H,7-9,12-13,15H2,1-6H3,(H,26,27,32). The molecule has 0 aliphatic carbocycles. The van der Waals surface area contributed by atoms with Crippen LogP contribution < -0.4 is 10.3 Å². The van der Waals surface area contributed by atoms with Crippen molar-refractivity contribution < 1.29 is 22.7 Å². The summed E-state index contributed by atoms with van der Waals surface area (Å²) < 4.78 is 39.9. The van der Waals surface area contributed by atoms with Gasteiger partial charge in [0.05, 0.1) is 35.9 Å². The Kier molecular flexibility index (Phi) is 9.05. The fourth-order valence-electron chi connectivity index (χ4n) is 3.81. The normalized spacial score (nSPS) is 11.9. The summed E-state index contributed by atoms with van der Waals surface area (Å²) in [5, 5.41) is 4.59. The van der Waals surface area contributed by atoms with Crippen LogP contribution in [0, 0.1) is 6.92 Å². The number of nitrogens with zero attached hydrogens (tertiary/aromatic N) is 5. The summed E-state index contributed by atoms with van der Waals surface area (Å²) in [5.41, 5.74) is 0.805. The van der Waals surface area contributed by atoms with Crippen LogP contribution in [0.5, 0.6) is 5.75 Å². The Balaban J connectivity index is 2.06. The highest BCUT2D eigenvalue weighted by atomic mass is 32.2. The number of methoxy groups -OCH3 is 1. The van der Waals surface area contributed by atoms with Gasteiger partial charge in [-0.2, -0.15) is 4.31 Å². The van der Waals surface area contributed by atoms with Gasteiger partial charge < -0.3 is 19.4 Å². The van der Waals surface area contributed by atoms with E-state index in [1.807, 2.05) is 6.92 Å². The first-order valence-electron chi connectivity index (χ1n) is 12.0. The molecule has 13 heteroatoms. The average Bonchev–Trinajstić information content (AvgIpc) is 3.18. The fraction of sp³-hybridized carbons (Fsp3) is 0.500. The number of aryl methyl sites for hydroxylation is 2. The number of fused-ring (bicyclic) bond motifs is 1. The number of likely N-dealkylation sites (N-methyl/N-ethyl adjacent to an activating group) is 2. The Labute approximate surface area is 216 Å². The lowest BCUT2D eigenvalue weighted by Gasteiger charge is -2.22. The van der Waals surface area contributed by atoms with Crippen LogP contribution in [0.4, 0.5) is 0 Å². The Hall–Kier alpha value is -3.29. The monoisotopic (exact) mass is 534 g/mol. The van der Waals surface area contributed by atoms with Crippen LogP contribution >= 0.6 is 0 Å². The molecule has 202 valence electrons. The number of benzene rings is 1. The minimum absolute atomic E-state index is 0.0702. The quantitative estimate of drug-likeness (QED) is 0.369. The third-order valence-corrected chi connectivity index (χ3v) is 7.64. The van der Waals surface area contributed by atoms with Crippen LogP contribution in [-0.4, -0.2) is 90.6 Å². The summed E-state index contributed by atoms with van der Waals surface area (Å²) in [7, 11) is 0.390. The lowest BCUT2D eigenvalue weighted by atomic mass is 10.2. The van der Waals surface area contributed by atoms with E-state index in [2.05, 4.69) is 15.1 Å². The molecule has 3 aromatic rings. The number of sulfonamides is 1. The van der Waals surface area contributed by atoms with E-state index in [4.69, 9.17) is 9.47 Å². The summed E-state index contributed by atoms with van der Waals surface area (Å²) >= 11 is 0. The van der Waals surface area contributed by atoms with Gasteiger partial charge in [-0.05, 0) is 38.5 Å². The second kappa shape index (κ2) is 11.8. The van der Waals surface area contributed by atoms with E-state index in [1.165, 1.54) is 41.8 Å². The molecule has 2 aromatic heterocycles. The van der Waals surface area contributed by atoms with Gasteiger partial charge in [0, 0.05) is 34.2 Å². The van der Waals surface area contributed by atoms with E-state index in [9.17, 15) is 18.0 Å². The molecule has 3 rings (SSSR count). The Morgan fingerprint density at radius 2 is 1.95 bits per heavy atom. The minimum atomic E-state index is -4.06. The highest BCUT2D eigenvalue weighted by Crippen LogP contribution is 2.31. The highest BCUT2D eigenvalue weighted by Gasteiger charge is 2.26. The summed E-state index contributed by atoms with van der Waals surface area (Å²) in [6, 6.07) is 4.31. The predicted molar refractivity (Wildman–Crippen MR) is 138 cm³/mol. The molecule has 0 spiro atoms. The molecule has 0 saturated heterocycles. The first-order valence-corrected chi connectivity index (χ1v) is 13.4. The van der Waals surface area contributed by atoms with Crippen LogP contribution in [0.3, 0.4) is 0 Å². The molecule has 0 fully saturated rings. The van der Waals surface area contributed by atoms with Crippen LogP contribution in [0.25, 0.3) is 16.9 Å². The van der Waals surface area contributed by atoms with Gasteiger partial charge in [-0.25, -0.2) is 17.9 Å². The number of imidazole rings is 1. The second-order valence-corrected chi connectivity index (χ2v) is 10.6. The zero-order chi connectivity index (χ0) is 27.3. The number of aromatic nitrogens is 4. The molecule has 12 nitrogen and oxygen atoms in total. The number of aromatic amines is 1. The van der Waals surface area contributed by atoms with E-state index >= 15 is 0 Å².